The molecule has 0 bridgehead atoms. The summed E-state index contributed by atoms with van der Waals surface area (Å²) in [5.74, 6) is 1.93. The molecule has 58 heavy (non-hydrogen) atoms. The molecule has 4 heterocycles. The molecule has 0 fully saturated rings. The molecule has 5 nitrogen and oxygen atoms in total. The van der Waals surface area contributed by atoms with Crippen molar-refractivity contribution in [1.82, 2.24) is 23.9 Å². The van der Waals surface area contributed by atoms with Crippen LogP contribution in [0, 0.1) is 0 Å². The van der Waals surface area contributed by atoms with Crippen molar-refractivity contribution in [2.24, 2.45) is 0 Å². The van der Waals surface area contributed by atoms with Gasteiger partial charge in [0.2, 0.25) is 0 Å². The molecule has 0 aliphatic carbocycles. The number of fused-ring (bicyclic) bond motifs is 12. The van der Waals surface area contributed by atoms with Gasteiger partial charge >= 0.3 is 0 Å². The van der Waals surface area contributed by atoms with Gasteiger partial charge in [-0.3, -0.25) is 0 Å². The van der Waals surface area contributed by atoms with Crippen LogP contribution in [-0.2, 0) is 0 Å². The number of aromatic nitrogens is 5. The first-order valence-corrected chi connectivity index (χ1v) is 19.6. The molecule has 0 radical (unpaired) electrons. The van der Waals surface area contributed by atoms with Crippen LogP contribution < -0.4 is 0 Å². The molecule has 8 aromatic carbocycles. The van der Waals surface area contributed by atoms with E-state index in [-0.39, 0.29) is 0 Å². The molecule has 0 saturated heterocycles. The van der Waals surface area contributed by atoms with E-state index in [1.54, 1.807) is 0 Å². The van der Waals surface area contributed by atoms with E-state index in [1.807, 2.05) is 60.7 Å². The fraction of sp³-hybridized carbons (Fsp3) is 0. The topological polar surface area (TPSA) is 48.0 Å². The second-order valence-electron chi connectivity index (χ2n) is 14.8. The first-order valence-electron chi connectivity index (χ1n) is 19.6. The van der Waals surface area contributed by atoms with E-state index >= 15 is 0 Å². The van der Waals surface area contributed by atoms with Gasteiger partial charge in [0.05, 0.1) is 27.6 Å². The minimum atomic E-state index is 0.636. The molecule has 0 aliphatic rings. The van der Waals surface area contributed by atoms with Crippen LogP contribution in [0.15, 0.2) is 200 Å². The molecule has 4 aromatic heterocycles. The predicted molar refractivity (Wildman–Crippen MR) is 239 cm³/mol. The number of pyridine rings is 1. The molecule has 5 heteroatoms. The van der Waals surface area contributed by atoms with Gasteiger partial charge in [0.25, 0.3) is 0 Å². The number of hydrogen-bond donors (Lipinski definition) is 0. The molecule has 0 aliphatic heterocycles. The summed E-state index contributed by atoms with van der Waals surface area (Å²) in [6, 6.07) is 71.0. The number of hydrogen-bond acceptors (Lipinski definition) is 3. The summed E-state index contributed by atoms with van der Waals surface area (Å²) >= 11 is 0. The van der Waals surface area contributed by atoms with Crippen molar-refractivity contribution in [3.63, 3.8) is 0 Å². The molecule has 270 valence electrons. The van der Waals surface area contributed by atoms with Crippen molar-refractivity contribution >= 4 is 59.9 Å². The summed E-state index contributed by atoms with van der Waals surface area (Å²) in [6.45, 7) is 0. The summed E-state index contributed by atoms with van der Waals surface area (Å²) < 4.78 is 4.87. The average molecular weight is 740 g/mol. The van der Waals surface area contributed by atoms with Gasteiger partial charge in [-0.1, -0.05) is 152 Å². The summed E-state index contributed by atoms with van der Waals surface area (Å²) in [7, 11) is 0. The highest BCUT2D eigenvalue weighted by molar-refractivity contribution is 6.30. The van der Waals surface area contributed by atoms with Gasteiger partial charge in [0.1, 0.15) is 0 Å². The van der Waals surface area contributed by atoms with E-state index < -0.39 is 0 Å². The van der Waals surface area contributed by atoms with Crippen LogP contribution in [0.5, 0.6) is 0 Å². The maximum Gasteiger partial charge on any atom is 0.164 e. The Balaban J connectivity index is 1.04. The fourth-order valence-corrected chi connectivity index (χ4v) is 8.92. The van der Waals surface area contributed by atoms with Crippen molar-refractivity contribution in [3.05, 3.63) is 200 Å². The van der Waals surface area contributed by atoms with Crippen LogP contribution in [0.1, 0.15) is 0 Å². The normalized spacial score (nSPS) is 11.8. The number of rotatable bonds is 5. The Hall–Kier alpha value is -7.89. The quantitative estimate of drug-likeness (QED) is 0.165. The third-order valence-electron chi connectivity index (χ3n) is 11.5. The van der Waals surface area contributed by atoms with Crippen molar-refractivity contribution < 1.29 is 0 Å². The summed E-state index contributed by atoms with van der Waals surface area (Å²) in [6.07, 6.45) is 0. The first-order chi connectivity index (χ1) is 28.8. The van der Waals surface area contributed by atoms with Crippen LogP contribution in [0.25, 0.3) is 111 Å². The lowest BCUT2D eigenvalue weighted by Crippen LogP contribution is -2.00. The molecule has 12 rings (SSSR count). The number of para-hydroxylation sites is 2. The second kappa shape index (κ2) is 12.8. The van der Waals surface area contributed by atoms with E-state index in [0.29, 0.717) is 17.5 Å². The highest BCUT2D eigenvalue weighted by atomic mass is 15.0. The molecule has 0 amide bonds. The van der Waals surface area contributed by atoms with Crippen LogP contribution >= 0.6 is 0 Å². The Morgan fingerprint density at radius 3 is 1.55 bits per heavy atom. The fourth-order valence-electron chi connectivity index (χ4n) is 8.92. The van der Waals surface area contributed by atoms with Crippen LogP contribution in [0.3, 0.4) is 0 Å². The van der Waals surface area contributed by atoms with E-state index in [0.717, 1.165) is 33.5 Å². The highest BCUT2D eigenvalue weighted by Gasteiger charge is 2.20. The smallest absolute Gasteiger partial charge is 0.164 e. The van der Waals surface area contributed by atoms with Crippen molar-refractivity contribution in [1.29, 1.82) is 0 Å². The monoisotopic (exact) mass is 739 g/mol. The lowest BCUT2D eigenvalue weighted by Gasteiger charge is -2.13. The van der Waals surface area contributed by atoms with Gasteiger partial charge < -0.3 is 8.97 Å². The van der Waals surface area contributed by atoms with E-state index in [4.69, 9.17) is 15.0 Å². The molecule has 0 atom stereocenters. The molecule has 12 aromatic rings. The standard InChI is InChI=1S/C53H33N5/c1-3-15-34(16-4-1)51-54-52(35-17-5-2-6-18-35)56-53(55-51)39-22-13-20-36(31-39)37-21-14-23-40(32-37)57-45-28-12-10-26-43(45)50-46(57)29-30-47-49(50)42-25-9-8-24-41(42)48-33-38-19-7-11-27-44(38)58(47)48/h1-33H. The van der Waals surface area contributed by atoms with Gasteiger partial charge in [0.15, 0.2) is 17.5 Å². The molecular weight excluding hydrogens is 707 g/mol. The molecular formula is C53H33N5. The number of nitrogens with zero attached hydrogens (tertiary/aromatic N) is 5. The third-order valence-corrected chi connectivity index (χ3v) is 11.5. The van der Waals surface area contributed by atoms with Crippen LogP contribution in [-0.4, -0.2) is 23.9 Å². The summed E-state index contributed by atoms with van der Waals surface area (Å²) in [4.78, 5) is 14.9. The lowest BCUT2D eigenvalue weighted by atomic mass is 10.00. The molecule has 0 N–H and O–H groups in total. The van der Waals surface area contributed by atoms with E-state index in [9.17, 15) is 0 Å². The van der Waals surface area contributed by atoms with Gasteiger partial charge in [-0.25, -0.2) is 15.0 Å². The highest BCUT2D eigenvalue weighted by Crippen LogP contribution is 2.42. The Morgan fingerprint density at radius 2 is 0.810 bits per heavy atom. The average Bonchev–Trinajstić information content (AvgIpc) is 3.86. The second-order valence-corrected chi connectivity index (χ2v) is 14.8. The largest absolute Gasteiger partial charge is 0.309 e. The molecule has 0 spiro atoms. The zero-order chi connectivity index (χ0) is 38.2. The maximum atomic E-state index is 5.01. The van der Waals surface area contributed by atoms with Crippen molar-refractivity contribution in [2.45, 2.75) is 0 Å². The lowest BCUT2D eigenvalue weighted by molar-refractivity contribution is 1.07. The van der Waals surface area contributed by atoms with Crippen LogP contribution in [0.2, 0.25) is 0 Å². The summed E-state index contributed by atoms with van der Waals surface area (Å²) in [5, 5.41) is 7.51. The van der Waals surface area contributed by atoms with Crippen molar-refractivity contribution in [3.8, 4) is 51.0 Å². The number of benzene rings is 8. The molecule has 0 saturated carbocycles. The van der Waals surface area contributed by atoms with Gasteiger partial charge in [-0.15, -0.1) is 0 Å². The van der Waals surface area contributed by atoms with Crippen LogP contribution in [0.4, 0.5) is 0 Å². The maximum absolute atomic E-state index is 5.01. The van der Waals surface area contributed by atoms with Gasteiger partial charge in [0, 0.05) is 49.3 Å². The zero-order valence-electron chi connectivity index (χ0n) is 31.3. The van der Waals surface area contributed by atoms with E-state index in [2.05, 4.69) is 148 Å². The Morgan fingerprint density at radius 1 is 0.293 bits per heavy atom. The van der Waals surface area contributed by atoms with Crippen molar-refractivity contribution in [2.75, 3.05) is 0 Å². The van der Waals surface area contributed by atoms with Gasteiger partial charge in [-0.05, 0) is 65.0 Å². The SMILES string of the molecule is c1ccc(-c2nc(-c3ccccc3)nc(-c3cccc(-c4cccc(-n5c6ccccc6c6c7c8ccccc8c8cc9ccccc9n8c7ccc65)c4)c3)n2)cc1. The van der Waals surface area contributed by atoms with Gasteiger partial charge in [-0.2, -0.15) is 0 Å². The van der Waals surface area contributed by atoms with E-state index in [1.165, 1.54) is 59.9 Å². The summed E-state index contributed by atoms with van der Waals surface area (Å²) in [5.41, 5.74) is 12.1. The Labute approximate surface area is 333 Å². The molecule has 0 unspecified atom stereocenters. The third kappa shape index (κ3) is 5.00. The minimum Gasteiger partial charge on any atom is -0.309 e. The zero-order valence-corrected chi connectivity index (χ0v) is 31.3. The predicted octanol–water partition coefficient (Wildman–Crippen LogP) is 13.3. The Kier molecular flexibility index (Phi) is 7.16. The first kappa shape index (κ1) is 32.4. The Bertz CT molecular complexity index is 3510. The minimum absolute atomic E-state index is 0.636.